The van der Waals surface area contributed by atoms with Crippen LogP contribution in [-0.4, -0.2) is 61.6 Å². The summed E-state index contributed by atoms with van der Waals surface area (Å²) in [5.41, 5.74) is 0.547. The van der Waals surface area contributed by atoms with Crippen LogP contribution in [0.1, 0.15) is 83.9 Å². The maximum atomic E-state index is 11.4. The smallest absolute Gasteiger partial charge is 0.360 e. The number of nitrogens with one attached hydrogen (secondary N) is 2. The molecule has 0 atom stereocenters. The average molecular weight is 449 g/mol. The number of carbonyl (C=O) groups is 2. The van der Waals surface area contributed by atoms with Crippen molar-refractivity contribution in [2.75, 3.05) is 39.4 Å². The zero-order valence-electron chi connectivity index (χ0n) is 18.7. The summed E-state index contributed by atoms with van der Waals surface area (Å²) >= 11 is 0. The molecule has 2 saturated heterocycles. The molecule has 0 amide bonds. The van der Waals surface area contributed by atoms with E-state index in [1.165, 1.54) is 0 Å². The van der Waals surface area contributed by atoms with Gasteiger partial charge < -0.3 is 29.2 Å². The third-order valence-corrected chi connectivity index (χ3v) is 5.51. The molecule has 2 aliphatic rings. The predicted molar refractivity (Wildman–Crippen MR) is 115 cm³/mol. The SMILES string of the molecule is CCOC(=O)c1cc(C2CCNCC2)on1.CCOC(=O)c1cc(C2CCNCC2)on1. The second-order valence-electron chi connectivity index (χ2n) is 7.72. The minimum absolute atomic E-state index is 0.274. The number of piperidine rings is 2. The molecule has 4 rings (SSSR count). The van der Waals surface area contributed by atoms with Crippen LogP contribution in [0, 0.1) is 0 Å². The minimum Gasteiger partial charge on any atom is -0.461 e. The lowest BCUT2D eigenvalue weighted by molar-refractivity contribution is 0.0504. The van der Waals surface area contributed by atoms with Crippen LogP contribution in [0.15, 0.2) is 21.2 Å². The second-order valence-corrected chi connectivity index (χ2v) is 7.72. The van der Waals surface area contributed by atoms with Crippen LogP contribution < -0.4 is 10.6 Å². The van der Waals surface area contributed by atoms with Crippen molar-refractivity contribution in [1.29, 1.82) is 0 Å². The van der Waals surface area contributed by atoms with Crippen molar-refractivity contribution < 1.29 is 28.1 Å². The zero-order valence-corrected chi connectivity index (χ0v) is 18.7. The van der Waals surface area contributed by atoms with Gasteiger partial charge in [-0.25, -0.2) is 9.59 Å². The van der Waals surface area contributed by atoms with Gasteiger partial charge in [-0.2, -0.15) is 0 Å². The van der Waals surface area contributed by atoms with Crippen molar-refractivity contribution >= 4 is 11.9 Å². The molecule has 0 spiro atoms. The molecule has 176 valence electrons. The van der Waals surface area contributed by atoms with Gasteiger partial charge in [-0.15, -0.1) is 0 Å². The summed E-state index contributed by atoms with van der Waals surface area (Å²) in [7, 11) is 0. The Balaban J connectivity index is 0.000000181. The van der Waals surface area contributed by atoms with E-state index in [9.17, 15) is 9.59 Å². The molecule has 0 unspecified atom stereocenters. The highest BCUT2D eigenvalue weighted by Crippen LogP contribution is 2.26. The molecule has 0 radical (unpaired) electrons. The first-order chi connectivity index (χ1) is 15.6. The van der Waals surface area contributed by atoms with Crippen molar-refractivity contribution in [3.05, 3.63) is 35.0 Å². The van der Waals surface area contributed by atoms with Crippen molar-refractivity contribution in [3.8, 4) is 0 Å². The van der Waals surface area contributed by atoms with E-state index in [0.717, 1.165) is 63.4 Å². The fourth-order valence-corrected chi connectivity index (χ4v) is 3.78. The Bertz CT molecular complexity index is 782. The summed E-state index contributed by atoms with van der Waals surface area (Å²) < 4.78 is 20.1. The van der Waals surface area contributed by atoms with Crippen LogP contribution in [0.3, 0.4) is 0 Å². The minimum atomic E-state index is -0.411. The zero-order chi connectivity index (χ0) is 22.8. The summed E-state index contributed by atoms with van der Waals surface area (Å²) in [5.74, 6) is 1.51. The number of hydrogen-bond donors (Lipinski definition) is 2. The van der Waals surface area contributed by atoms with Crippen LogP contribution in [0.4, 0.5) is 0 Å². The number of carbonyl (C=O) groups excluding carboxylic acids is 2. The molecule has 0 aromatic carbocycles. The number of rotatable bonds is 6. The molecule has 32 heavy (non-hydrogen) atoms. The van der Waals surface area contributed by atoms with Crippen LogP contribution in [0.5, 0.6) is 0 Å². The van der Waals surface area contributed by atoms with Gasteiger partial charge in [-0.3, -0.25) is 0 Å². The van der Waals surface area contributed by atoms with E-state index < -0.39 is 11.9 Å². The Morgan fingerprint density at radius 1 is 0.812 bits per heavy atom. The first-order valence-electron chi connectivity index (χ1n) is 11.3. The van der Waals surface area contributed by atoms with Gasteiger partial charge in [0.25, 0.3) is 0 Å². The van der Waals surface area contributed by atoms with E-state index >= 15 is 0 Å². The Hall–Kier alpha value is -2.72. The molecule has 10 heteroatoms. The summed E-state index contributed by atoms with van der Waals surface area (Å²) in [5, 5.41) is 14.0. The summed E-state index contributed by atoms with van der Waals surface area (Å²) in [6.45, 7) is 8.20. The van der Waals surface area contributed by atoms with Gasteiger partial charge in [0.05, 0.1) is 13.2 Å². The fraction of sp³-hybridized carbons (Fsp3) is 0.636. The Kier molecular flexibility index (Phi) is 9.24. The third-order valence-electron chi connectivity index (χ3n) is 5.51. The van der Waals surface area contributed by atoms with Gasteiger partial charge in [-0.05, 0) is 65.7 Å². The Morgan fingerprint density at radius 3 is 1.53 bits per heavy atom. The van der Waals surface area contributed by atoms with Gasteiger partial charge >= 0.3 is 11.9 Å². The van der Waals surface area contributed by atoms with E-state index in [1.54, 1.807) is 26.0 Å². The number of esters is 2. The molecule has 2 aliphatic heterocycles. The molecule has 2 fully saturated rings. The Morgan fingerprint density at radius 2 is 1.19 bits per heavy atom. The fourth-order valence-electron chi connectivity index (χ4n) is 3.78. The number of aromatic nitrogens is 2. The van der Waals surface area contributed by atoms with Gasteiger partial charge in [0.2, 0.25) is 0 Å². The van der Waals surface area contributed by atoms with Gasteiger partial charge in [0, 0.05) is 24.0 Å². The number of ether oxygens (including phenoxy) is 2. The van der Waals surface area contributed by atoms with Crippen molar-refractivity contribution in [3.63, 3.8) is 0 Å². The first-order valence-corrected chi connectivity index (χ1v) is 11.3. The van der Waals surface area contributed by atoms with Crippen LogP contribution >= 0.6 is 0 Å². The molecule has 0 saturated carbocycles. The summed E-state index contributed by atoms with van der Waals surface area (Å²) in [6, 6.07) is 3.40. The topological polar surface area (TPSA) is 129 Å². The molecule has 2 aromatic heterocycles. The quantitative estimate of drug-likeness (QED) is 0.636. The van der Waals surface area contributed by atoms with E-state index in [2.05, 4.69) is 20.9 Å². The molecular weight excluding hydrogens is 416 g/mol. The molecule has 2 N–H and O–H groups in total. The summed E-state index contributed by atoms with van der Waals surface area (Å²) in [4.78, 5) is 22.8. The lowest BCUT2D eigenvalue weighted by atomic mass is 9.95. The molecule has 10 nitrogen and oxygen atoms in total. The Labute approximate surface area is 187 Å². The maximum Gasteiger partial charge on any atom is 0.360 e. The molecule has 4 heterocycles. The lowest BCUT2D eigenvalue weighted by Crippen LogP contribution is -2.26. The van der Waals surface area contributed by atoms with Gasteiger partial charge in [0.1, 0.15) is 11.5 Å². The van der Waals surface area contributed by atoms with E-state index in [-0.39, 0.29) is 11.4 Å². The highest BCUT2D eigenvalue weighted by atomic mass is 16.5. The average Bonchev–Trinajstić information content (AvgIpc) is 3.52. The van der Waals surface area contributed by atoms with Crippen LogP contribution in [-0.2, 0) is 9.47 Å². The van der Waals surface area contributed by atoms with E-state index in [1.807, 2.05) is 0 Å². The molecular formula is C22H32N4O6. The number of hydrogen-bond acceptors (Lipinski definition) is 10. The predicted octanol–water partition coefficient (Wildman–Crippen LogP) is 2.64. The van der Waals surface area contributed by atoms with Gasteiger partial charge in [-0.1, -0.05) is 10.3 Å². The van der Waals surface area contributed by atoms with Gasteiger partial charge in [0.15, 0.2) is 11.4 Å². The third kappa shape index (κ3) is 6.64. The summed E-state index contributed by atoms with van der Waals surface area (Å²) in [6.07, 6.45) is 4.10. The van der Waals surface area contributed by atoms with E-state index in [4.69, 9.17) is 18.5 Å². The highest BCUT2D eigenvalue weighted by molar-refractivity contribution is 5.87. The van der Waals surface area contributed by atoms with Crippen molar-refractivity contribution in [2.24, 2.45) is 0 Å². The molecule has 0 aliphatic carbocycles. The van der Waals surface area contributed by atoms with E-state index in [0.29, 0.717) is 25.0 Å². The second kappa shape index (κ2) is 12.4. The normalized spacial score (nSPS) is 17.3. The monoisotopic (exact) mass is 448 g/mol. The molecule has 0 bridgehead atoms. The number of nitrogens with zero attached hydrogens (tertiary/aromatic N) is 2. The van der Waals surface area contributed by atoms with Crippen LogP contribution in [0.25, 0.3) is 0 Å². The maximum absolute atomic E-state index is 11.4. The van der Waals surface area contributed by atoms with Crippen molar-refractivity contribution in [1.82, 2.24) is 20.9 Å². The first kappa shape index (κ1) is 23.9. The van der Waals surface area contributed by atoms with Crippen molar-refractivity contribution in [2.45, 2.75) is 51.4 Å². The lowest BCUT2D eigenvalue weighted by Gasteiger charge is -2.19. The largest absolute Gasteiger partial charge is 0.461 e. The highest BCUT2D eigenvalue weighted by Gasteiger charge is 2.23. The molecule has 2 aromatic rings. The standard InChI is InChI=1S/2C11H16N2O3/c2*1-2-15-11(14)9-7-10(16-13-9)8-3-5-12-6-4-8/h2*7-8,12H,2-6H2,1H3. The van der Waals surface area contributed by atoms with Crippen LogP contribution in [0.2, 0.25) is 0 Å².